The average Bonchev–Trinajstić information content (AvgIpc) is 2.69. The molecule has 0 radical (unpaired) electrons. The molecule has 0 atom stereocenters. The molecule has 1 heterocycles. The SMILES string of the molecule is Cc1cc(F)ccc1OCc1cccs1. The normalized spacial score (nSPS) is 10.3. The van der Waals surface area contributed by atoms with Crippen molar-refractivity contribution in [2.24, 2.45) is 0 Å². The second kappa shape index (κ2) is 4.45. The highest BCUT2D eigenvalue weighted by molar-refractivity contribution is 7.09. The zero-order valence-electron chi connectivity index (χ0n) is 8.37. The third-order valence-electron chi connectivity index (χ3n) is 2.09. The van der Waals surface area contributed by atoms with Crippen molar-refractivity contribution in [2.45, 2.75) is 13.5 Å². The fraction of sp³-hybridized carbons (Fsp3) is 0.167. The molecule has 0 unspecified atom stereocenters. The Hall–Kier alpha value is -1.35. The lowest BCUT2D eigenvalue weighted by Crippen LogP contribution is -1.95. The van der Waals surface area contributed by atoms with E-state index in [2.05, 4.69) is 0 Å². The van der Waals surface area contributed by atoms with E-state index in [1.165, 1.54) is 17.0 Å². The summed E-state index contributed by atoms with van der Waals surface area (Å²) in [7, 11) is 0. The number of rotatable bonds is 3. The molecule has 0 aliphatic rings. The largest absolute Gasteiger partial charge is 0.488 e. The van der Waals surface area contributed by atoms with Crippen LogP contribution in [0.25, 0.3) is 0 Å². The Morgan fingerprint density at radius 1 is 1.33 bits per heavy atom. The minimum absolute atomic E-state index is 0.226. The second-order valence-electron chi connectivity index (χ2n) is 3.28. The molecule has 0 saturated carbocycles. The topological polar surface area (TPSA) is 9.23 Å². The van der Waals surface area contributed by atoms with E-state index < -0.39 is 0 Å². The van der Waals surface area contributed by atoms with Crippen LogP contribution in [-0.4, -0.2) is 0 Å². The maximum absolute atomic E-state index is 12.8. The molecule has 1 nitrogen and oxygen atoms in total. The van der Waals surface area contributed by atoms with Crippen LogP contribution in [0.15, 0.2) is 35.7 Å². The number of aryl methyl sites for hydroxylation is 1. The van der Waals surface area contributed by atoms with Gasteiger partial charge in [-0.25, -0.2) is 4.39 Å². The van der Waals surface area contributed by atoms with Gasteiger partial charge >= 0.3 is 0 Å². The summed E-state index contributed by atoms with van der Waals surface area (Å²) in [5.74, 6) is 0.515. The van der Waals surface area contributed by atoms with Crippen molar-refractivity contribution < 1.29 is 9.13 Å². The monoisotopic (exact) mass is 222 g/mol. The third kappa shape index (κ3) is 2.57. The maximum atomic E-state index is 12.8. The fourth-order valence-corrected chi connectivity index (χ4v) is 1.93. The molecular weight excluding hydrogens is 211 g/mol. The highest BCUT2D eigenvalue weighted by Gasteiger charge is 2.01. The number of hydrogen-bond acceptors (Lipinski definition) is 2. The molecule has 2 aromatic rings. The van der Waals surface area contributed by atoms with Gasteiger partial charge < -0.3 is 4.74 Å². The first-order valence-corrected chi connectivity index (χ1v) is 5.55. The molecule has 0 aliphatic heterocycles. The van der Waals surface area contributed by atoms with Gasteiger partial charge in [-0.15, -0.1) is 11.3 Å². The first-order chi connectivity index (χ1) is 7.25. The second-order valence-corrected chi connectivity index (χ2v) is 4.31. The first kappa shape index (κ1) is 10.2. The minimum Gasteiger partial charge on any atom is -0.488 e. The van der Waals surface area contributed by atoms with E-state index >= 15 is 0 Å². The molecule has 0 N–H and O–H groups in total. The first-order valence-electron chi connectivity index (χ1n) is 4.67. The van der Waals surface area contributed by atoms with E-state index in [0.29, 0.717) is 6.61 Å². The van der Waals surface area contributed by atoms with Crippen molar-refractivity contribution in [1.82, 2.24) is 0 Å². The highest BCUT2D eigenvalue weighted by Crippen LogP contribution is 2.20. The molecule has 3 heteroatoms. The average molecular weight is 222 g/mol. The summed E-state index contributed by atoms with van der Waals surface area (Å²) in [6.45, 7) is 2.39. The van der Waals surface area contributed by atoms with E-state index in [1.807, 2.05) is 24.4 Å². The van der Waals surface area contributed by atoms with Gasteiger partial charge in [0.05, 0.1) is 0 Å². The third-order valence-corrected chi connectivity index (χ3v) is 2.94. The fourth-order valence-electron chi connectivity index (χ4n) is 1.32. The Morgan fingerprint density at radius 2 is 2.20 bits per heavy atom. The molecule has 78 valence electrons. The number of hydrogen-bond donors (Lipinski definition) is 0. The molecule has 2 rings (SSSR count). The van der Waals surface area contributed by atoms with Crippen LogP contribution in [0.3, 0.4) is 0 Å². The van der Waals surface area contributed by atoms with Gasteiger partial charge in [0.15, 0.2) is 0 Å². The lowest BCUT2D eigenvalue weighted by molar-refractivity contribution is 0.307. The van der Waals surface area contributed by atoms with Crippen molar-refractivity contribution in [3.8, 4) is 5.75 Å². The minimum atomic E-state index is -0.226. The number of thiophene rings is 1. The van der Waals surface area contributed by atoms with Crippen LogP contribution in [0.1, 0.15) is 10.4 Å². The summed E-state index contributed by atoms with van der Waals surface area (Å²) >= 11 is 1.65. The summed E-state index contributed by atoms with van der Waals surface area (Å²) in [6.07, 6.45) is 0. The van der Waals surface area contributed by atoms with E-state index in [9.17, 15) is 4.39 Å². The lowest BCUT2D eigenvalue weighted by Gasteiger charge is -2.07. The van der Waals surface area contributed by atoms with E-state index in [0.717, 1.165) is 11.3 Å². The maximum Gasteiger partial charge on any atom is 0.123 e. The van der Waals surface area contributed by atoms with Crippen molar-refractivity contribution in [2.75, 3.05) is 0 Å². The van der Waals surface area contributed by atoms with Gasteiger partial charge in [0, 0.05) is 4.88 Å². The molecule has 0 spiro atoms. The van der Waals surface area contributed by atoms with E-state index in [1.54, 1.807) is 17.4 Å². The Kier molecular flexibility index (Phi) is 3.02. The summed E-state index contributed by atoms with van der Waals surface area (Å²) in [6, 6.07) is 8.56. The van der Waals surface area contributed by atoms with Crippen LogP contribution >= 0.6 is 11.3 Å². The summed E-state index contributed by atoms with van der Waals surface area (Å²) in [5.41, 5.74) is 0.826. The zero-order valence-corrected chi connectivity index (χ0v) is 9.18. The number of ether oxygens (including phenoxy) is 1. The predicted octanol–water partition coefficient (Wildman–Crippen LogP) is 3.77. The Bertz CT molecular complexity index is 437. The molecule has 1 aromatic carbocycles. The highest BCUT2D eigenvalue weighted by atomic mass is 32.1. The molecule has 0 fully saturated rings. The summed E-state index contributed by atoms with van der Waals surface area (Å²) in [4.78, 5) is 1.17. The van der Waals surface area contributed by atoms with Gasteiger partial charge in [-0.1, -0.05) is 6.07 Å². The number of halogens is 1. The van der Waals surface area contributed by atoms with Crippen molar-refractivity contribution in [3.63, 3.8) is 0 Å². The van der Waals surface area contributed by atoms with Crippen molar-refractivity contribution >= 4 is 11.3 Å². The smallest absolute Gasteiger partial charge is 0.123 e. The lowest BCUT2D eigenvalue weighted by atomic mass is 10.2. The van der Waals surface area contributed by atoms with Gasteiger partial charge in [-0.05, 0) is 42.1 Å². The quantitative estimate of drug-likeness (QED) is 0.768. The van der Waals surface area contributed by atoms with Crippen molar-refractivity contribution in [3.05, 3.63) is 52.0 Å². The molecule has 15 heavy (non-hydrogen) atoms. The Balaban J connectivity index is 2.05. The Labute approximate surface area is 92.1 Å². The predicted molar refractivity (Wildman–Crippen MR) is 59.8 cm³/mol. The van der Waals surface area contributed by atoms with Crippen LogP contribution in [0.2, 0.25) is 0 Å². The molecule has 0 saturated heterocycles. The molecule has 0 amide bonds. The Morgan fingerprint density at radius 3 is 2.87 bits per heavy atom. The molecule has 1 aromatic heterocycles. The van der Waals surface area contributed by atoms with Gasteiger partial charge in [-0.3, -0.25) is 0 Å². The van der Waals surface area contributed by atoms with Gasteiger partial charge in [-0.2, -0.15) is 0 Å². The van der Waals surface area contributed by atoms with Gasteiger partial charge in [0.25, 0.3) is 0 Å². The van der Waals surface area contributed by atoms with Crippen molar-refractivity contribution in [1.29, 1.82) is 0 Å². The van der Waals surface area contributed by atoms with E-state index in [-0.39, 0.29) is 5.82 Å². The van der Waals surface area contributed by atoms with E-state index in [4.69, 9.17) is 4.74 Å². The van der Waals surface area contributed by atoms with Crippen LogP contribution in [0.4, 0.5) is 4.39 Å². The van der Waals surface area contributed by atoms with Gasteiger partial charge in [0.1, 0.15) is 18.2 Å². The summed E-state index contributed by atoms with van der Waals surface area (Å²) < 4.78 is 18.4. The van der Waals surface area contributed by atoms with Crippen LogP contribution in [0, 0.1) is 12.7 Å². The van der Waals surface area contributed by atoms with Crippen LogP contribution in [0.5, 0.6) is 5.75 Å². The molecular formula is C12H11FOS. The standard InChI is InChI=1S/C12H11FOS/c1-9-7-10(13)4-5-12(9)14-8-11-3-2-6-15-11/h2-7H,8H2,1H3. The van der Waals surface area contributed by atoms with Crippen LogP contribution < -0.4 is 4.74 Å². The summed E-state index contributed by atoms with van der Waals surface area (Å²) in [5, 5.41) is 2.01. The van der Waals surface area contributed by atoms with Gasteiger partial charge in [0.2, 0.25) is 0 Å². The van der Waals surface area contributed by atoms with Crippen LogP contribution in [-0.2, 0) is 6.61 Å². The molecule has 0 bridgehead atoms. The molecule has 0 aliphatic carbocycles. The zero-order chi connectivity index (χ0) is 10.7. The number of benzene rings is 1.